The van der Waals surface area contributed by atoms with Crippen LogP contribution in [-0.2, 0) is 38.1 Å². The Morgan fingerprint density at radius 2 is 1.04 bits per heavy atom. The molecule has 0 aromatic carbocycles. The number of aliphatic hydroxyl groups is 1. The lowest BCUT2D eigenvalue weighted by Gasteiger charge is -2.58. The Balaban J connectivity index is 1.74. The maximum absolute atomic E-state index is 12.6. The van der Waals surface area contributed by atoms with Crippen LogP contribution in [0.1, 0.15) is 140 Å². The topological polar surface area (TPSA) is 118 Å². The summed E-state index contributed by atoms with van der Waals surface area (Å²) in [6.45, 7) is 20.9. The van der Waals surface area contributed by atoms with Crippen LogP contribution in [0.4, 0.5) is 0 Å². The molecule has 0 amide bonds. The second kappa shape index (κ2) is 12.4. The molecule has 9 nitrogen and oxygen atoms in total. The molecule has 258 valence electrons. The van der Waals surface area contributed by atoms with Crippen LogP contribution in [0.25, 0.3) is 0 Å². The number of fused-ring (bicyclic) bond motifs is 2. The van der Waals surface area contributed by atoms with Crippen LogP contribution >= 0.6 is 0 Å². The zero-order valence-electron chi connectivity index (χ0n) is 29.7. The number of carbonyl (C=O) groups excluding carboxylic acids is 3. The van der Waals surface area contributed by atoms with Gasteiger partial charge in [0.2, 0.25) is 0 Å². The minimum atomic E-state index is -0.725. The summed E-state index contributed by atoms with van der Waals surface area (Å²) < 4.78 is 31.8. The number of hydrogen-bond donors (Lipinski definition) is 1. The van der Waals surface area contributed by atoms with Gasteiger partial charge in [-0.15, -0.1) is 0 Å². The molecule has 9 heteroatoms. The highest BCUT2D eigenvalue weighted by atomic mass is 16.6. The second-order valence-corrected chi connectivity index (χ2v) is 16.7. The van der Waals surface area contributed by atoms with E-state index >= 15 is 0 Å². The predicted molar refractivity (Wildman–Crippen MR) is 169 cm³/mol. The first-order valence-electron chi connectivity index (χ1n) is 17.2. The third-order valence-corrected chi connectivity index (χ3v) is 12.5. The van der Waals surface area contributed by atoms with Crippen molar-refractivity contribution in [1.82, 2.24) is 0 Å². The van der Waals surface area contributed by atoms with Gasteiger partial charge in [-0.1, -0.05) is 13.8 Å². The number of ether oxygens (including phenoxy) is 5. The predicted octanol–water partition coefficient (Wildman–Crippen LogP) is 6.45. The van der Waals surface area contributed by atoms with E-state index in [2.05, 4.69) is 27.7 Å². The molecule has 0 spiro atoms. The van der Waals surface area contributed by atoms with E-state index in [1.165, 1.54) is 20.8 Å². The van der Waals surface area contributed by atoms with Crippen LogP contribution in [0.5, 0.6) is 0 Å². The molecule has 2 saturated heterocycles. The fraction of sp³-hybridized carbons (Fsp3) is 0.917. The maximum atomic E-state index is 12.6. The van der Waals surface area contributed by atoms with Gasteiger partial charge < -0.3 is 28.8 Å². The molecule has 4 aliphatic rings. The van der Waals surface area contributed by atoms with E-state index in [4.69, 9.17) is 23.7 Å². The minimum Gasteiger partial charge on any atom is -0.460 e. The first kappa shape index (κ1) is 36.1. The smallest absolute Gasteiger partial charge is 0.303 e. The van der Waals surface area contributed by atoms with Crippen LogP contribution in [0.2, 0.25) is 0 Å². The molecular formula is C36H60O9. The van der Waals surface area contributed by atoms with Gasteiger partial charge in [-0.25, -0.2) is 0 Å². The van der Waals surface area contributed by atoms with E-state index in [-0.39, 0.29) is 58.9 Å². The first-order valence-corrected chi connectivity index (χ1v) is 17.2. The summed E-state index contributed by atoms with van der Waals surface area (Å²) >= 11 is 0. The third-order valence-electron chi connectivity index (χ3n) is 12.5. The molecule has 45 heavy (non-hydrogen) atoms. The van der Waals surface area contributed by atoms with Crippen molar-refractivity contribution in [3.63, 3.8) is 0 Å². The van der Waals surface area contributed by atoms with E-state index < -0.39 is 28.5 Å². The Kier molecular flexibility index (Phi) is 9.95. The molecular weight excluding hydrogens is 576 g/mol. The molecule has 10 atom stereocenters. The maximum Gasteiger partial charge on any atom is 0.303 e. The second-order valence-electron chi connectivity index (χ2n) is 16.7. The lowest BCUT2D eigenvalue weighted by atomic mass is 9.53. The van der Waals surface area contributed by atoms with Crippen molar-refractivity contribution >= 4 is 17.9 Å². The van der Waals surface area contributed by atoms with Gasteiger partial charge in [-0.05, 0) is 106 Å². The summed E-state index contributed by atoms with van der Waals surface area (Å²) in [5.41, 5.74) is -3.52. The van der Waals surface area contributed by atoms with E-state index in [9.17, 15) is 19.5 Å². The fourth-order valence-electron chi connectivity index (χ4n) is 10.1. The van der Waals surface area contributed by atoms with Crippen LogP contribution in [0.15, 0.2) is 0 Å². The van der Waals surface area contributed by atoms with Crippen molar-refractivity contribution in [3.05, 3.63) is 0 Å². The van der Waals surface area contributed by atoms with Crippen molar-refractivity contribution < 1.29 is 43.2 Å². The zero-order valence-corrected chi connectivity index (χ0v) is 29.7. The Labute approximate surface area is 270 Å². The average molecular weight is 637 g/mol. The Bertz CT molecular complexity index is 1130. The van der Waals surface area contributed by atoms with Gasteiger partial charge in [0.25, 0.3) is 0 Å². The monoisotopic (exact) mass is 636 g/mol. The van der Waals surface area contributed by atoms with Gasteiger partial charge >= 0.3 is 17.9 Å². The molecule has 1 N–H and O–H groups in total. The molecule has 4 rings (SSSR count). The Morgan fingerprint density at radius 1 is 0.622 bits per heavy atom. The number of rotatable bonds is 6. The summed E-state index contributed by atoms with van der Waals surface area (Å²) in [6.07, 6.45) is 5.75. The fourth-order valence-corrected chi connectivity index (χ4v) is 10.1. The molecule has 0 bridgehead atoms. The minimum absolute atomic E-state index is 0.0590. The van der Waals surface area contributed by atoms with Crippen LogP contribution in [0, 0.1) is 22.7 Å². The Hall–Kier alpha value is -1.71. The molecule has 0 aromatic rings. The van der Waals surface area contributed by atoms with Crippen molar-refractivity contribution in [1.29, 1.82) is 0 Å². The summed E-state index contributed by atoms with van der Waals surface area (Å²) in [6, 6.07) is 0. The summed E-state index contributed by atoms with van der Waals surface area (Å²) in [5, 5.41) is 11.0. The molecule has 2 aliphatic carbocycles. The summed E-state index contributed by atoms with van der Waals surface area (Å²) in [4.78, 5) is 37.1. The van der Waals surface area contributed by atoms with Gasteiger partial charge in [0.05, 0.1) is 29.5 Å². The molecule has 2 aliphatic heterocycles. The summed E-state index contributed by atoms with van der Waals surface area (Å²) in [7, 11) is 0. The molecule has 0 radical (unpaired) electrons. The zero-order chi connectivity index (χ0) is 33.8. The van der Waals surface area contributed by atoms with Crippen LogP contribution in [-0.4, -0.2) is 69.8 Å². The van der Waals surface area contributed by atoms with E-state index in [1.54, 1.807) is 0 Å². The van der Waals surface area contributed by atoms with Gasteiger partial charge in [0.1, 0.15) is 17.3 Å². The van der Waals surface area contributed by atoms with Gasteiger partial charge in [-0.3, -0.25) is 14.4 Å². The van der Waals surface area contributed by atoms with E-state index in [0.717, 1.165) is 32.1 Å². The lowest BCUT2D eigenvalue weighted by molar-refractivity contribution is -0.230. The third kappa shape index (κ3) is 6.96. The lowest BCUT2D eigenvalue weighted by Crippen LogP contribution is -2.60. The number of hydrogen-bond acceptors (Lipinski definition) is 9. The highest BCUT2D eigenvalue weighted by Gasteiger charge is 2.62. The summed E-state index contributed by atoms with van der Waals surface area (Å²) in [5.74, 6) is -1.06. The first-order chi connectivity index (χ1) is 20.6. The number of aliphatic hydroxyl groups excluding tert-OH is 1. The van der Waals surface area contributed by atoms with Gasteiger partial charge in [0.15, 0.2) is 0 Å². The SMILES string of the molecule is CC(=O)O[C@H]1CC[C@]2(C)[C@H](CC[C@@](C)(OC(C)=O)[C@H]2CC[C@H]2[C@]3(C)CC[C@H](O)C(C)(C)O[C@H]3CC[C@]2(C)OC(C)=O)OC1(C)C. The van der Waals surface area contributed by atoms with Gasteiger partial charge in [0, 0.05) is 43.4 Å². The van der Waals surface area contributed by atoms with Crippen molar-refractivity contribution in [2.75, 3.05) is 0 Å². The van der Waals surface area contributed by atoms with E-state index in [0.29, 0.717) is 32.1 Å². The Morgan fingerprint density at radius 3 is 1.47 bits per heavy atom. The normalized spacial score (nSPS) is 44.3. The van der Waals surface area contributed by atoms with Crippen molar-refractivity contribution in [2.45, 2.75) is 187 Å². The number of esters is 3. The molecule has 4 fully saturated rings. The largest absolute Gasteiger partial charge is 0.460 e. The standard InChI is InChI=1S/C36H60O9/c1-22(37)41-28-15-19-34(9)26(36(11,43-24(3)39)21-17-30(34)45-32(28,6)7)13-12-25-33(8)18-14-27(40)31(4,5)44-29(33)16-20-35(25,10)42-23(2)38/h25-30,40H,12-21H2,1-11H3/t25-,26-,27-,28-,29-,30-,33-,34-,35-,36+/m0/s1. The average Bonchev–Trinajstić information content (AvgIpc) is 3.04. The van der Waals surface area contributed by atoms with Crippen LogP contribution < -0.4 is 0 Å². The van der Waals surface area contributed by atoms with Crippen molar-refractivity contribution in [2.24, 2.45) is 22.7 Å². The van der Waals surface area contributed by atoms with Crippen molar-refractivity contribution in [3.8, 4) is 0 Å². The number of carbonyl (C=O) groups is 3. The molecule has 0 aromatic heterocycles. The molecule has 2 saturated carbocycles. The van der Waals surface area contributed by atoms with Crippen LogP contribution in [0.3, 0.4) is 0 Å². The molecule has 2 heterocycles. The highest BCUT2D eigenvalue weighted by molar-refractivity contribution is 5.67. The quantitative estimate of drug-likeness (QED) is 0.259. The van der Waals surface area contributed by atoms with Gasteiger partial charge in [-0.2, -0.15) is 0 Å². The highest BCUT2D eigenvalue weighted by Crippen LogP contribution is 2.60. The molecule has 0 unspecified atom stereocenters. The van der Waals surface area contributed by atoms with E-state index in [1.807, 2.05) is 27.7 Å².